The second-order valence-corrected chi connectivity index (χ2v) is 9.80. The molecule has 1 N–H and O–H groups in total. The highest BCUT2D eigenvalue weighted by atomic mass is 32.2. The van der Waals surface area contributed by atoms with Crippen molar-refractivity contribution >= 4 is 29.3 Å². The Balaban J connectivity index is 1.32. The number of rotatable bonds is 5. The highest BCUT2D eigenvalue weighted by Crippen LogP contribution is 2.44. The van der Waals surface area contributed by atoms with Gasteiger partial charge in [-0.15, -0.1) is 0 Å². The predicted octanol–water partition coefficient (Wildman–Crippen LogP) is 4.02. The summed E-state index contributed by atoms with van der Waals surface area (Å²) in [4.78, 5) is 29.9. The SMILES string of the molecule is N#CC1Sc2cc(-c3ccc(C(=O)N4CCCCC4)cc3)ccc2N1CC(=O)NC1CC1. The molecule has 0 bridgehead atoms. The first-order valence-electron chi connectivity index (χ1n) is 11.3. The molecule has 0 radical (unpaired) electrons. The minimum absolute atomic E-state index is 0.0285. The Morgan fingerprint density at radius 2 is 1.75 bits per heavy atom. The quantitative estimate of drug-likeness (QED) is 0.751. The van der Waals surface area contributed by atoms with Crippen LogP contribution in [0.2, 0.25) is 0 Å². The van der Waals surface area contributed by atoms with Crippen LogP contribution in [-0.4, -0.2) is 47.8 Å². The first kappa shape index (κ1) is 20.9. The van der Waals surface area contributed by atoms with Gasteiger partial charge in [-0.3, -0.25) is 9.59 Å². The molecule has 1 unspecified atom stereocenters. The molecule has 32 heavy (non-hydrogen) atoms. The van der Waals surface area contributed by atoms with Crippen LogP contribution >= 0.6 is 11.8 Å². The number of nitrogens with zero attached hydrogens (tertiary/aromatic N) is 3. The summed E-state index contributed by atoms with van der Waals surface area (Å²) in [6.07, 6.45) is 5.46. The lowest BCUT2D eigenvalue weighted by molar-refractivity contribution is -0.119. The number of nitriles is 1. The van der Waals surface area contributed by atoms with Crippen molar-refractivity contribution in [2.45, 2.75) is 48.4 Å². The summed E-state index contributed by atoms with van der Waals surface area (Å²) in [5.74, 6) is 0.0805. The molecule has 5 rings (SSSR count). The van der Waals surface area contributed by atoms with Crippen molar-refractivity contribution in [3.8, 4) is 17.2 Å². The van der Waals surface area contributed by atoms with Gasteiger partial charge in [-0.05, 0) is 67.5 Å². The number of carbonyl (C=O) groups excluding carboxylic acids is 2. The third-order valence-corrected chi connectivity index (χ3v) is 7.43. The standard InChI is InChI=1S/C25H26N4O2S/c26-15-24-29(16-23(30)27-20-9-10-20)21-11-8-19(14-22(21)32-24)17-4-6-18(7-5-17)25(31)28-12-2-1-3-13-28/h4-8,11,14,20,24H,1-3,9-10,12-13,16H2,(H,27,30). The second kappa shape index (κ2) is 8.87. The van der Waals surface area contributed by atoms with Gasteiger partial charge < -0.3 is 15.1 Å². The summed E-state index contributed by atoms with van der Waals surface area (Å²) in [5.41, 5.74) is 3.72. The number of amides is 2. The van der Waals surface area contributed by atoms with Crippen LogP contribution in [0.4, 0.5) is 5.69 Å². The Morgan fingerprint density at radius 3 is 2.44 bits per heavy atom. The molecule has 0 spiro atoms. The minimum atomic E-state index is -0.408. The normalized spacial score (nSPS) is 19.9. The molecule has 2 amide bonds. The third-order valence-electron chi connectivity index (χ3n) is 6.27. The zero-order valence-corrected chi connectivity index (χ0v) is 18.7. The fourth-order valence-electron chi connectivity index (χ4n) is 4.34. The number of hydrogen-bond acceptors (Lipinski definition) is 5. The molecule has 1 saturated heterocycles. The van der Waals surface area contributed by atoms with E-state index in [1.54, 1.807) is 0 Å². The lowest BCUT2D eigenvalue weighted by atomic mass is 10.0. The van der Waals surface area contributed by atoms with E-state index in [9.17, 15) is 14.9 Å². The summed E-state index contributed by atoms with van der Waals surface area (Å²) >= 11 is 1.48. The Hall–Kier alpha value is -2.98. The number of benzene rings is 2. The zero-order valence-electron chi connectivity index (χ0n) is 17.9. The molecular formula is C25H26N4O2S. The number of carbonyl (C=O) groups is 2. The number of hydrogen-bond donors (Lipinski definition) is 1. The van der Waals surface area contributed by atoms with Crippen LogP contribution in [0, 0.1) is 11.3 Å². The van der Waals surface area contributed by atoms with Crippen LogP contribution in [0.15, 0.2) is 47.4 Å². The molecule has 2 aromatic rings. The molecule has 3 aliphatic rings. The van der Waals surface area contributed by atoms with Crippen molar-refractivity contribution in [3.63, 3.8) is 0 Å². The van der Waals surface area contributed by atoms with Gasteiger partial charge in [-0.25, -0.2) is 0 Å². The second-order valence-electron chi connectivity index (χ2n) is 8.68. The van der Waals surface area contributed by atoms with Gasteiger partial charge in [0.15, 0.2) is 5.37 Å². The molecule has 1 saturated carbocycles. The van der Waals surface area contributed by atoms with Crippen LogP contribution in [-0.2, 0) is 4.79 Å². The molecule has 2 aliphatic heterocycles. The topological polar surface area (TPSA) is 76.4 Å². The first-order valence-corrected chi connectivity index (χ1v) is 12.2. The number of piperidine rings is 1. The highest BCUT2D eigenvalue weighted by molar-refractivity contribution is 8.00. The van der Waals surface area contributed by atoms with Crippen LogP contribution < -0.4 is 10.2 Å². The highest BCUT2D eigenvalue weighted by Gasteiger charge is 2.33. The van der Waals surface area contributed by atoms with E-state index in [2.05, 4.69) is 17.5 Å². The van der Waals surface area contributed by atoms with Crippen molar-refractivity contribution in [1.29, 1.82) is 5.26 Å². The molecule has 2 aromatic carbocycles. The molecule has 2 fully saturated rings. The lowest BCUT2D eigenvalue weighted by Crippen LogP contribution is -2.40. The van der Waals surface area contributed by atoms with Crippen molar-refractivity contribution in [3.05, 3.63) is 48.0 Å². The largest absolute Gasteiger partial charge is 0.352 e. The molecule has 0 aromatic heterocycles. The van der Waals surface area contributed by atoms with E-state index in [4.69, 9.17) is 0 Å². The maximum Gasteiger partial charge on any atom is 0.253 e. The predicted molar refractivity (Wildman–Crippen MR) is 125 cm³/mol. The average molecular weight is 447 g/mol. The van der Waals surface area contributed by atoms with Gasteiger partial charge in [0.05, 0.1) is 18.3 Å². The number of thioether (sulfide) groups is 1. The van der Waals surface area contributed by atoms with Gasteiger partial charge in [0.25, 0.3) is 5.91 Å². The Labute approximate surface area is 192 Å². The monoisotopic (exact) mass is 446 g/mol. The third kappa shape index (κ3) is 4.33. The first-order chi connectivity index (χ1) is 15.6. The van der Waals surface area contributed by atoms with E-state index in [1.807, 2.05) is 46.2 Å². The summed E-state index contributed by atoms with van der Waals surface area (Å²) in [5, 5.41) is 12.2. The van der Waals surface area contributed by atoms with Crippen LogP contribution in [0.25, 0.3) is 11.1 Å². The molecule has 6 nitrogen and oxygen atoms in total. The fraction of sp³-hybridized carbons (Fsp3) is 0.400. The maximum atomic E-state index is 12.7. The molecular weight excluding hydrogens is 420 g/mol. The van der Waals surface area contributed by atoms with Crippen molar-refractivity contribution in [2.24, 2.45) is 0 Å². The Bertz CT molecular complexity index is 1070. The summed E-state index contributed by atoms with van der Waals surface area (Å²) < 4.78 is 0. The Kier molecular flexibility index (Phi) is 5.79. The summed E-state index contributed by atoms with van der Waals surface area (Å²) in [7, 11) is 0. The smallest absolute Gasteiger partial charge is 0.253 e. The van der Waals surface area contributed by atoms with Gasteiger partial charge in [-0.2, -0.15) is 5.26 Å². The molecule has 1 atom stereocenters. The van der Waals surface area contributed by atoms with Crippen LogP contribution in [0.3, 0.4) is 0 Å². The fourth-order valence-corrected chi connectivity index (χ4v) is 5.45. The lowest BCUT2D eigenvalue weighted by Gasteiger charge is -2.26. The molecule has 2 heterocycles. The van der Waals surface area contributed by atoms with Crippen LogP contribution in [0.1, 0.15) is 42.5 Å². The van der Waals surface area contributed by atoms with Gasteiger partial charge in [0, 0.05) is 29.6 Å². The number of likely N-dealkylation sites (tertiary alicyclic amines) is 1. The van der Waals surface area contributed by atoms with Crippen LogP contribution in [0.5, 0.6) is 0 Å². The van der Waals surface area contributed by atoms with Gasteiger partial charge in [0.2, 0.25) is 5.91 Å². The van der Waals surface area contributed by atoms with Gasteiger partial charge >= 0.3 is 0 Å². The molecule has 164 valence electrons. The van der Waals surface area contributed by atoms with Gasteiger partial charge in [-0.1, -0.05) is 30.0 Å². The average Bonchev–Trinajstić information content (AvgIpc) is 3.58. The van der Waals surface area contributed by atoms with Crippen molar-refractivity contribution < 1.29 is 9.59 Å². The van der Waals surface area contributed by atoms with Crippen molar-refractivity contribution in [1.82, 2.24) is 10.2 Å². The van der Waals surface area contributed by atoms with E-state index in [-0.39, 0.29) is 18.4 Å². The van der Waals surface area contributed by atoms with E-state index < -0.39 is 5.37 Å². The van der Waals surface area contributed by atoms with E-state index >= 15 is 0 Å². The van der Waals surface area contributed by atoms with Gasteiger partial charge in [0.1, 0.15) is 0 Å². The van der Waals surface area contributed by atoms with E-state index in [0.717, 1.165) is 66.0 Å². The molecule has 1 aliphatic carbocycles. The summed E-state index contributed by atoms with van der Waals surface area (Å²) in [6.45, 7) is 1.89. The van der Waals surface area contributed by atoms with Crippen molar-refractivity contribution in [2.75, 3.05) is 24.5 Å². The van der Waals surface area contributed by atoms with E-state index in [1.165, 1.54) is 18.2 Å². The number of fused-ring (bicyclic) bond motifs is 1. The summed E-state index contributed by atoms with van der Waals surface area (Å²) in [6, 6.07) is 16.5. The zero-order chi connectivity index (χ0) is 22.1. The van der Waals surface area contributed by atoms with E-state index in [0.29, 0.717) is 6.04 Å². The Morgan fingerprint density at radius 1 is 1.03 bits per heavy atom. The minimum Gasteiger partial charge on any atom is -0.352 e. The molecule has 7 heteroatoms. The number of anilines is 1. The number of nitrogens with one attached hydrogen (secondary N) is 1. The maximum absolute atomic E-state index is 12.7.